The minimum absolute atomic E-state index is 0.0623. The lowest BCUT2D eigenvalue weighted by Crippen LogP contribution is -2.43. The highest BCUT2D eigenvalue weighted by Gasteiger charge is 2.61. The van der Waals surface area contributed by atoms with Gasteiger partial charge in [0.05, 0.1) is 0 Å². The normalized spacial score (nSPS) is 36.3. The Morgan fingerprint density at radius 3 is 2.57 bits per heavy atom. The summed E-state index contributed by atoms with van der Waals surface area (Å²) in [4.78, 5) is 27.4. The number of likely N-dealkylation sites (tertiary alicyclic amines) is 1. The van der Waals surface area contributed by atoms with Gasteiger partial charge in [-0.05, 0) is 45.4 Å². The SMILES string of the molecule is CC(C)C1C=C2N(C(=O)OC(C)(C)C)C[C@@H]3CC[C@H](C1=O)[C@]23C. The van der Waals surface area contributed by atoms with Crippen molar-refractivity contribution in [3.8, 4) is 0 Å². The summed E-state index contributed by atoms with van der Waals surface area (Å²) < 4.78 is 5.61. The van der Waals surface area contributed by atoms with E-state index in [1.54, 1.807) is 0 Å². The summed E-state index contributed by atoms with van der Waals surface area (Å²) in [5, 5.41) is 0. The third-order valence-corrected chi connectivity index (χ3v) is 5.96. The molecule has 0 spiro atoms. The quantitative estimate of drug-likeness (QED) is 0.733. The van der Waals surface area contributed by atoms with Crippen LogP contribution in [-0.2, 0) is 9.53 Å². The second kappa shape index (κ2) is 5.09. The minimum atomic E-state index is -0.502. The topological polar surface area (TPSA) is 46.6 Å². The molecule has 2 fully saturated rings. The van der Waals surface area contributed by atoms with Crippen LogP contribution in [0.2, 0.25) is 0 Å². The van der Waals surface area contributed by atoms with Gasteiger partial charge in [-0.25, -0.2) is 4.79 Å². The first-order valence-electron chi connectivity index (χ1n) is 8.82. The molecule has 0 aromatic heterocycles. The number of hydrogen-bond acceptors (Lipinski definition) is 3. The Bertz CT molecular complexity index is 572. The third kappa shape index (κ3) is 2.41. The molecule has 23 heavy (non-hydrogen) atoms. The van der Waals surface area contributed by atoms with Crippen molar-refractivity contribution in [2.45, 2.75) is 60.0 Å². The highest BCUT2D eigenvalue weighted by Crippen LogP contribution is 2.61. The van der Waals surface area contributed by atoms with Gasteiger partial charge in [-0.1, -0.05) is 26.8 Å². The predicted octanol–water partition coefficient (Wildman–Crippen LogP) is 4.01. The molecule has 3 aliphatic rings. The Morgan fingerprint density at radius 1 is 1.35 bits per heavy atom. The summed E-state index contributed by atoms with van der Waals surface area (Å²) in [5.41, 5.74) is 0.356. The summed E-state index contributed by atoms with van der Waals surface area (Å²) in [6, 6.07) is 0. The van der Waals surface area contributed by atoms with Gasteiger partial charge in [-0.2, -0.15) is 0 Å². The minimum Gasteiger partial charge on any atom is -0.443 e. The maximum Gasteiger partial charge on any atom is 0.414 e. The van der Waals surface area contributed by atoms with Crippen molar-refractivity contribution in [3.63, 3.8) is 0 Å². The molecule has 1 heterocycles. The van der Waals surface area contributed by atoms with Gasteiger partial charge < -0.3 is 4.74 Å². The Labute approximate surface area is 139 Å². The number of nitrogens with zero attached hydrogens (tertiary/aromatic N) is 1. The zero-order valence-corrected chi connectivity index (χ0v) is 15.2. The van der Waals surface area contributed by atoms with E-state index < -0.39 is 5.60 Å². The fourth-order valence-corrected chi connectivity index (χ4v) is 4.73. The van der Waals surface area contributed by atoms with Gasteiger partial charge in [0.15, 0.2) is 0 Å². The predicted molar refractivity (Wildman–Crippen MR) is 88.7 cm³/mol. The Kier molecular flexibility index (Phi) is 3.66. The maximum absolute atomic E-state index is 12.9. The summed E-state index contributed by atoms with van der Waals surface area (Å²) >= 11 is 0. The molecule has 0 bridgehead atoms. The number of amides is 1. The van der Waals surface area contributed by atoms with Crippen LogP contribution in [0.3, 0.4) is 0 Å². The van der Waals surface area contributed by atoms with Crippen LogP contribution in [0.1, 0.15) is 54.4 Å². The van der Waals surface area contributed by atoms with Gasteiger partial charge in [-0.15, -0.1) is 0 Å². The highest BCUT2D eigenvalue weighted by atomic mass is 16.6. The number of ether oxygens (including phenoxy) is 1. The van der Waals surface area contributed by atoms with Gasteiger partial charge in [0.2, 0.25) is 0 Å². The first-order valence-corrected chi connectivity index (χ1v) is 8.82. The average Bonchev–Trinajstić information content (AvgIpc) is 2.86. The Hall–Kier alpha value is -1.32. The lowest BCUT2D eigenvalue weighted by molar-refractivity contribution is -0.130. The molecule has 1 saturated heterocycles. The standard InChI is InChI=1S/C19H29NO3/c1-11(2)13-9-15-19(6)12(7-8-14(19)16(13)21)10-20(15)17(22)23-18(3,4)5/h9,11-14H,7-8,10H2,1-6H3/t12-,13?,14+,19+/m0/s1. The summed E-state index contributed by atoms with van der Waals surface area (Å²) in [5.74, 6) is 1.00. The third-order valence-electron chi connectivity index (χ3n) is 5.96. The second-order valence-corrected chi connectivity index (χ2v) is 8.92. The van der Waals surface area contributed by atoms with Crippen molar-refractivity contribution < 1.29 is 14.3 Å². The zero-order valence-electron chi connectivity index (χ0n) is 15.2. The van der Waals surface area contributed by atoms with E-state index in [1.807, 2.05) is 25.7 Å². The smallest absolute Gasteiger partial charge is 0.414 e. The van der Waals surface area contributed by atoms with E-state index in [9.17, 15) is 9.59 Å². The van der Waals surface area contributed by atoms with E-state index in [0.29, 0.717) is 18.2 Å². The molecule has 4 atom stereocenters. The molecule has 4 nitrogen and oxygen atoms in total. The van der Waals surface area contributed by atoms with Crippen molar-refractivity contribution >= 4 is 11.9 Å². The molecule has 3 rings (SSSR count). The number of allylic oxidation sites excluding steroid dienone is 2. The lowest BCUT2D eigenvalue weighted by Gasteiger charge is -2.40. The molecule has 1 amide bonds. The Balaban J connectivity index is 1.99. The summed E-state index contributed by atoms with van der Waals surface area (Å²) in [6.45, 7) is 12.7. The van der Waals surface area contributed by atoms with Gasteiger partial charge in [-0.3, -0.25) is 9.69 Å². The Morgan fingerprint density at radius 2 is 2.00 bits per heavy atom. The summed E-state index contributed by atoms with van der Waals surface area (Å²) in [7, 11) is 0. The monoisotopic (exact) mass is 319 g/mol. The van der Waals surface area contributed by atoms with E-state index in [-0.39, 0.29) is 29.3 Å². The van der Waals surface area contributed by atoms with Crippen molar-refractivity contribution in [1.82, 2.24) is 4.90 Å². The van der Waals surface area contributed by atoms with E-state index in [0.717, 1.165) is 18.5 Å². The molecule has 0 aromatic rings. The van der Waals surface area contributed by atoms with E-state index in [2.05, 4.69) is 26.8 Å². The van der Waals surface area contributed by atoms with Crippen molar-refractivity contribution in [2.75, 3.05) is 6.54 Å². The first-order chi connectivity index (χ1) is 10.6. The fraction of sp³-hybridized carbons (Fsp3) is 0.789. The van der Waals surface area contributed by atoms with Gasteiger partial charge in [0.1, 0.15) is 11.4 Å². The highest BCUT2D eigenvalue weighted by molar-refractivity contribution is 5.89. The van der Waals surface area contributed by atoms with E-state index >= 15 is 0 Å². The number of carbonyl (C=O) groups is 2. The molecule has 4 heteroatoms. The first kappa shape index (κ1) is 16.5. The average molecular weight is 319 g/mol. The number of carbonyl (C=O) groups excluding carboxylic acids is 2. The molecule has 0 radical (unpaired) electrons. The van der Waals surface area contributed by atoms with E-state index in [1.165, 1.54) is 0 Å². The molecule has 1 aliphatic heterocycles. The molecular formula is C19H29NO3. The van der Waals surface area contributed by atoms with Crippen LogP contribution in [0.15, 0.2) is 11.8 Å². The molecule has 1 saturated carbocycles. The molecule has 128 valence electrons. The van der Waals surface area contributed by atoms with Crippen LogP contribution in [0.25, 0.3) is 0 Å². The van der Waals surface area contributed by atoms with Crippen molar-refractivity contribution in [1.29, 1.82) is 0 Å². The number of Topliss-reactive ketones (excluding diaryl/α,β-unsaturated/α-hetero) is 1. The molecule has 2 aliphatic carbocycles. The number of ketones is 1. The van der Waals surface area contributed by atoms with Crippen molar-refractivity contribution in [3.05, 3.63) is 11.8 Å². The van der Waals surface area contributed by atoms with Crippen LogP contribution < -0.4 is 0 Å². The summed E-state index contributed by atoms with van der Waals surface area (Å²) in [6.07, 6.45) is 3.78. The molecule has 1 unspecified atom stereocenters. The van der Waals surface area contributed by atoms with Gasteiger partial charge >= 0.3 is 6.09 Å². The largest absolute Gasteiger partial charge is 0.443 e. The maximum atomic E-state index is 12.9. The molecule has 0 N–H and O–H groups in total. The van der Waals surface area contributed by atoms with Crippen LogP contribution >= 0.6 is 0 Å². The van der Waals surface area contributed by atoms with Gasteiger partial charge in [0, 0.05) is 29.5 Å². The van der Waals surface area contributed by atoms with E-state index in [4.69, 9.17) is 4.74 Å². The van der Waals surface area contributed by atoms with Crippen LogP contribution in [-0.4, -0.2) is 28.9 Å². The fourth-order valence-electron chi connectivity index (χ4n) is 4.73. The van der Waals surface area contributed by atoms with Crippen LogP contribution in [0, 0.1) is 29.1 Å². The lowest BCUT2D eigenvalue weighted by atomic mass is 9.64. The van der Waals surface area contributed by atoms with Crippen LogP contribution in [0.5, 0.6) is 0 Å². The van der Waals surface area contributed by atoms with Crippen LogP contribution in [0.4, 0.5) is 4.79 Å². The second-order valence-electron chi connectivity index (χ2n) is 8.92. The molecular weight excluding hydrogens is 290 g/mol. The number of rotatable bonds is 1. The van der Waals surface area contributed by atoms with Gasteiger partial charge in [0.25, 0.3) is 0 Å². The number of hydrogen-bond donors (Lipinski definition) is 0. The zero-order chi connectivity index (χ0) is 17.2. The molecule has 0 aromatic carbocycles. The van der Waals surface area contributed by atoms with Crippen molar-refractivity contribution in [2.24, 2.45) is 29.1 Å².